The quantitative estimate of drug-likeness (QED) is 0.618. The van der Waals surface area contributed by atoms with Crippen LogP contribution in [0.15, 0.2) is 35.5 Å². The molecule has 0 N–H and O–H groups in total. The maximum Gasteiger partial charge on any atom is 0.236 e. The highest BCUT2D eigenvalue weighted by Crippen LogP contribution is 2.41. The van der Waals surface area contributed by atoms with Gasteiger partial charge in [-0.2, -0.15) is 5.26 Å². The third-order valence-electron chi connectivity index (χ3n) is 6.36. The minimum Gasteiger partial charge on any atom is -0.326 e. The zero-order valence-electron chi connectivity index (χ0n) is 17.8. The van der Waals surface area contributed by atoms with Crippen LogP contribution in [0.25, 0.3) is 0 Å². The Hall–Kier alpha value is -2.33. The van der Waals surface area contributed by atoms with Gasteiger partial charge in [-0.15, -0.1) is 10.2 Å². The molecular formula is C23H29N5OS. The summed E-state index contributed by atoms with van der Waals surface area (Å²) in [6, 6.07) is 12.7. The highest BCUT2D eigenvalue weighted by atomic mass is 32.2. The van der Waals surface area contributed by atoms with E-state index in [4.69, 9.17) is 0 Å². The molecule has 2 aliphatic carbocycles. The van der Waals surface area contributed by atoms with Crippen molar-refractivity contribution in [3.05, 3.63) is 41.7 Å². The maximum absolute atomic E-state index is 13.2. The summed E-state index contributed by atoms with van der Waals surface area (Å²) < 4.78 is 2.17. The van der Waals surface area contributed by atoms with Gasteiger partial charge in [0.05, 0.1) is 17.9 Å². The fourth-order valence-corrected chi connectivity index (χ4v) is 5.24. The number of benzene rings is 1. The van der Waals surface area contributed by atoms with Gasteiger partial charge in [-0.1, -0.05) is 61.4 Å². The molecule has 1 unspecified atom stereocenters. The fraction of sp³-hybridized carbons (Fsp3) is 0.565. The molecule has 0 aliphatic heterocycles. The van der Waals surface area contributed by atoms with Crippen LogP contribution in [-0.2, 0) is 11.3 Å². The normalized spacial score (nSPS) is 19.1. The van der Waals surface area contributed by atoms with Crippen LogP contribution in [0.1, 0.15) is 69.2 Å². The van der Waals surface area contributed by atoms with Gasteiger partial charge >= 0.3 is 0 Å². The minimum atomic E-state index is -0.666. The summed E-state index contributed by atoms with van der Waals surface area (Å²) in [5.41, 5.74) is 0.531. The number of carbonyl (C=O) groups is 1. The summed E-state index contributed by atoms with van der Waals surface area (Å²) >= 11 is 1.45. The molecule has 4 rings (SSSR count). The molecule has 1 heterocycles. The molecule has 7 heteroatoms. The van der Waals surface area contributed by atoms with Crippen molar-refractivity contribution in [2.24, 2.45) is 0 Å². The highest BCUT2D eigenvalue weighted by Gasteiger charge is 2.40. The molecule has 2 saturated carbocycles. The molecule has 2 fully saturated rings. The molecule has 30 heavy (non-hydrogen) atoms. The van der Waals surface area contributed by atoms with E-state index in [2.05, 4.69) is 33.0 Å². The van der Waals surface area contributed by atoms with Gasteiger partial charge in [-0.25, -0.2) is 0 Å². The van der Waals surface area contributed by atoms with Crippen molar-refractivity contribution in [2.75, 3.05) is 7.05 Å². The largest absolute Gasteiger partial charge is 0.326 e. The number of carbonyl (C=O) groups excluding carboxylic acids is 1. The third kappa shape index (κ3) is 4.24. The Kier molecular flexibility index (Phi) is 6.14. The molecule has 158 valence electrons. The first-order valence-electron chi connectivity index (χ1n) is 10.9. The van der Waals surface area contributed by atoms with Crippen molar-refractivity contribution in [3.63, 3.8) is 0 Å². The first-order valence-corrected chi connectivity index (χ1v) is 11.7. The Morgan fingerprint density at radius 2 is 1.97 bits per heavy atom. The van der Waals surface area contributed by atoms with Crippen LogP contribution in [0.5, 0.6) is 0 Å². The van der Waals surface area contributed by atoms with Gasteiger partial charge < -0.3 is 9.47 Å². The molecule has 6 nitrogen and oxygen atoms in total. The van der Waals surface area contributed by atoms with Crippen molar-refractivity contribution in [3.8, 4) is 6.07 Å². The Bertz CT molecular complexity index is 925. The van der Waals surface area contributed by atoms with Gasteiger partial charge in [0.1, 0.15) is 11.4 Å². The smallest absolute Gasteiger partial charge is 0.236 e. The van der Waals surface area contributed by atoms with E-state index in [1.807, 2.05) is 25.1 Å². The minimum absolute atomic E-state index is 0.00863. The van der Waals surface area contributed by atoms with Crippen molar-refractivity contribution in [1.29, 1.82) is 5.26 Å². The number of amides is 1. The molecule has 1 atom stereocenters. The maximum atomic E-state index is 13.2. The summed E-state index contributed by atoms with van der Waals surface area (Å²) in [7, 11) is 1.79. The number of nitrogens with zero attached hydrogens (tertiary/aromatic N) is 5. The van der Waals surface area contributed by atoms with Crippen LogP contribution in [0.4, 0.5) is 0 Å². The average molecular weight is 424 g/mol. The first kappa shape index (κ1) is 20.9. The lowest BCUT2D eigenvalue weighted by Gasteiger charge is -2.40. The van der Waals surface area contributed by atoms with Gasteiger partial charge in [-0.05, 0) is 38.2 Å². The first-order chi connectivity index (χ1) is 14.5. The van der Waals surface area contributed by atoms with Crippen LogP contribution in [-0.4, -0.2) is 43.4 Å². The number of nitriles is 1. The molecule has 1 amide bonds. The van der Waals surface area contributed by atoms with Crippen molar-refractivity contribution in [2.45, 2.75) is 80.3 Å². The lowest BCUT2D eigenvalue weighted by molar-refractivity contribution is -0.133. The zero-order valence-corrected chi connectivity index (χ0v) is 18.6. The second-order valence-corrected chi connectivity index (χ2v) is 9.86. The molecular weight excluding hydrogens is 394 g/mol. The number of rotatable bonds is 7. The van der Waals surface area contributed by atoms with Crippen LogP contribution >= 0.6 is 11.8 Å². The van der Waals surface area contributed by atoms with E-state index < -0.39 is 5.54 Å². The van der Waals surface area contributed by atoms with Gasteiger partial charge in [0.2, 0.25) is 5.91 Å². The van der Waals surface area contributed by atoms with E-state index in [1.54, 1.807) is 11.9 Å². The Morgan fingerprint density at radius 3 is 2.60 bits per heavy atom. The third-order valence-corrected chi connectivity index (χ3v) is 7.43. The van der Waals surface area contributed by atoms with Crippen molar-refractivity contribution in [1.82, 2.24) is 19.7 Å². The predicted molar refractivity (Wildman–Crippen MR) is 117 cm³/mol. The Labute approximate surface area is 182 Å². The second-order valence-electron chi connectivity index (χ2n) is 8.55. The molecule has 0 bridgehead atoms. The summed E-state index contributed by atoms with van der Waals surface area (Å²) in [5, 5.41) is 19.2. The molecule has 2 aromatic rings. The van der Waals surface area contributed by atoms with Gasteiger partial charge in [0.15, 0.2) is 5.16 Å². The zero-order chi connectivity index (χ0) is 21.1. The lowest BCUT2D eigenvalue weighted by atomic mass is 9.81. The summed E-state index contributed by atoms with van der Waals surface area (Å²) in [6.45, 7) is 2.62. The monoisotopic (exact) mass is 423 g/mol. The van der Waals surface area contributed by atoms with E-state index in [0.717, 1.165) is 55.9 Å². The molecule has 0 spiro atoms. The van der Waals surface area contributed by atoms with Crippen LogP contribution in [0, 0.1) is 11.3 Å². The molecule has 1 aromatic heterocycles. The number of hydrogen-bond acceptors (Lipinski definition) is 5. The van der Waals surface area contributed by atoms with Gasteiger partial charge in [0.25, 0.3) is 0 Å². The Morgan fingerprint density at radius 1 is 1.27 bits per heavy atom. The van der Waals surface area contributed by atoms with Gasteiger partial charge in [-0.3, -0.25) is 4.79 Å². The van der Waals surface area contributed by atoms with E-state index in [-0.39, 0.29) is 11.2 Å². The highest BCUT2D eigenvalue weighted by molar-refractivity contribution is 8.00. The van der Waals surface area contributed by atoms with E-state index in [9.17, 15) is 10.1 Å². The number of thioether (sulfide) groups is 1. The number of hydrogen-bond donors (Lipinski definition) is 0. The van der Waals surface area contributed by atoms with Crippen LogP contribution < -0.4 is 0 Å². The topological polar surface area (TPSA) is 74.8 Å². The molecule has 0 radical (unpaired) electrons. The molecule has 2 aliphatic rings. The predicted octanol–water partition coefficient (Wildman–Crippen LogP) is 4.37. The molecule has 1 aromatic carbocycles. The SMILES string of the molecule is CC(Sc1nnc(C2CC2)n1Cc1ccccc1)C(=O)N(C)C1(C#N)CCCCC1. The van der Waals surface area contributed by atoms with E-state index in [1.165, 1.54) is 17.3 Å². The van der Waals surface area contributed by atoms with E-state index in [0.29, 0.717) is 12.5 Å². The summed E-state index contributed by atoms with van der Waals surface area (Å²) in [5.74, 6) is 1.49. The fourth-order valence-electron chi connectivity index (χ4n) is 4.30. The van der Waals surface area contributed by atoms with Crippen molar-refractivity contribution < 1.29 is 4.79 Å². The lowest BCUT2D eigenvalue weighted by Crippen LogP contribution is -2.52. The number of aromatic nitrogens is 3. The second kappa shape index (κ2) is 8.81. The Balaban J connectivity index is 1.52. The standard InChI is InChI=1S/C23H29N5OS/c1-17(21(29)27(2)23(16-24)13-7-4-8-14-23)30-22-26-25-20(19-11-12-19)28(22)15-18-9-5-3-6-10-18/h3,5-6,9-10,17,19H,4,7-8,11-15H2,1-2H3. The average Bonchev–Trinajstić information content (AvgIpc) is 3.56. The van der Waals surface area contributed by atoms with Crippen LogP contribution in [0.2, 0.25) is 0 Å². The summed E-state index contributed by atoms with van der Waals surface area (Å²) in [4.78, 5) is 14.9. The summed E-state index contributed by atoms with van der Waals surface area (Å²) in [6.07, 6.45) is 6.98. The van der Waals surface area contributed by atoms with Crippen LogP contribution in [0.3, 0.4) is 0 Å². The van der Waals surface area contributed by atoms with Crippen molar-refractivity contribution >= 4 is 17.7 Å². The van der Waals surface area contributed by atoms with Gasteiger partial charge in [0, 0.05) is 13.0 Å². The molecule has 0 saturated heterocycles. The van der Waals surface area contributed by atoms with E-state index >= 15 is 0 Å².